The minimum Gasteiger partial charge on any atom is -0.377 e. The van der Waals surface area contributed by atoms with Crippen molar-refractivity contribution in [1.82, 2.24) is 5.32 Å². The molecule has 1 aromatic carbocycles. The van der Waals surface area contributed by atoms with E-state index in [9.17, 15) is 0 Å². The molecule has 0 saturated heterocycles. The standard InChI is InChI=1S/C16H27NO/c1-7-16(4,18-6)15(17-5)11-14-10-12(2)8-9-13(14)3/h8-10,15,17H,7,11H2,1-6H3. The molecule has 0 aromatic heterocycles. The van der Waals surface area contributed by atoms with Gasteiger partial charge in [-0.15, -0.1) is 0 Å². The molecule has 1 aromatic rings. The fraction of sp³-hybridized carbons (Fsp3) is 0.625. The van der Waals surface area contributed by atoms with Gasteiger partial charge in [-0.3, -0.25) is 0 Å². The number of hydrogen-bond donors (Lipinski definition) is 1. The van der Waals surface area contributed by atoms with Crippen molar-refractivity contribution in [2.24, 2.45) is 0 Å². The molecule has 0 aliphatic rings. The van der Waals surface area contributed by atoms with E-state index in [1.165, 1.54) is 16.7 Å². The Morgan fingerprint density at radius 3 is 2.50 bits per heavy atom. The molecule has 0 aliphatic carbocycles. The number of methoxy groups -OCH3 is 1. The lowest BCUT2D eigenvalue weighted by atomic mass is 9.87. The molecule has 0 amide bonds. The van der Waals surface area contributed by atoms with E-state index in [4.69, 9.17) is 4.74 Å². The van der Waals surface area contributed by atoms with Crippen molar-refractivity contribution in [2.75, 3.05) is 14.2 Å². The van der Waals surface area contributed by atoms with Crippen LogP contribution >= 0.6 is 0 Å². The zero-order chi connectivity index (χ0) is 13.8. The van der Waals surface area contributed by atoms with Gasteiger partial charge in [-0.05, 0) is 51.8 Å². The van der Waals surface area contributed by atoms with Gasteiger partial charge in [0.05, 0.1) is 5.60 Å². The number of rotatable bonds is 6. The smallest absolute Gasteiger partial charge is 0.0803 e. The zero-order valence-electron chi connectivity index (χ0n) is 12.6. The molecule has 1 N–H and O–H groups in total. The molecule has 102 valence electrons. The summed E-state index contributed by atoms with van der Waals surface area (Å²) in [5, 5.41) is 3.41. The Kier molecular flexibility index (Phi) is 5.36. The van der Waals surface area contributed by atoms with Gasteiger partial charge in [0, 0.05) is 13.2 Å². The molecule has 2 nitrogen and oxygen atoms in total. The Labute approximate surface area is 112 Å². The van der Waals surface area contributed by atoms with E-state index in [1.54, 1.807) is 7.11 Å². The van der Waals surface area contributed by atoms with Crippen molar-refractivity contribution >= 4 is 0 Å². The van der Waals surface area contributed by atoms with E-state index >= 15 is 0 Å². The van der Waals surface area contributed by atoms with Gasteiger partial charge in [-0.2, -0.15) is 0 Å². The molecule has 2 heteroatoms. The quantitative estimate of drug-likeness (QED) is 0.835. The minimum absolute atomic E-state index is 0.120. The molecule has 0 fully saturated rings. The second-order valence-corrected chi connectivity index (χ2v) is 5.35. The molecule has 2 unspecified atom stereocenters. The molecule has 0 aliphatic heterocycles. The van der Waals surface area contributed by atoms with E-state index in [0.717, 1.165) is 12.8 Å². The molecule has 18 heavy (non-hydrogen) atoms. The summed E-state index contributed by atoms with van der Waals surface area (Å²) in [5.41, 5.74) is 3.97. The van der Waals surface area contributed by atoms with Crippen LogP contribution in [-0.4, -0.2) is 25.8 Å². The van der Waals surface area contributed by atoms with Gasteiger partial charge in [-0.25, -0.2) is 0 Å². The van der Waals surface area contributed by atoms with Crippen LogP contribution < -0.4 is 5.32 Å². The fourth-order valence-corrected chi connectivity index (χ4v) is 2.40. The van der Waals surface area contributed by atoms with Gasteiger partial charge in [0.2, 0.25) is 0 Å². The Morgan fingerprint density at radius 2 is 2.00 bits per heavy atom. The van der Waals surface area contributed by atoms with Crippen LogP contribution in [0.1, 0.15) is 37.0 Å². The average Bonchev–Trinajstić information content (AvgIpc) is 2.38. The highest BCUT2D eigenvalue weighted by atomic mass is 16.5. The van der Waals surface area contributed by atoms with Gasteiger partial charge < -0.3 is 10.1 Å². The number of aryl methyl sites for hydroxylation is 2. The third-order valence-corrected chi connectivity index (χ3v) is 4.18. The molecule has 0 heterocycles. The van der Waals surface area contributed by atoms with Gasteiger partial charge in [-0.1, -0.05) is 30.7 Å². The van der Waals surface area contributed by atoms with Crippen LogP contribution in [0, 0.1) is 13.8 Å². The number of ether oxygens (including phenoxy) is 1. The lowest BCUT2D eigenvalue weighted by molar-refractivity contribution is -0.0268. The number of likely N-dealkylation sites (N-methyl/N-ethyl adjacent to an activating group) is 1. The molecule has 0 saturated carbocycles. The maximum atomic E-state index is 5.72. The second kappa shape index (κ2) is 6.35. The number of hydrogen-bond acceptors (Lipinski definition) is 2. The third kappa shape index (κ3) is 3.33. The molecule has 0 spiro atoms. The van der Waals surface area contributed by atoms with Crippen molar-refractivity contribution in [3.05, 3.63) is 34.9 Å². The largest absolute Gasteiger partial charge is 0.377 e. The topological polar surface area (TPSA) is 21.3 Å². The monoisotopic (exact) mass is 249 g/mol. The van der Waals surface area contributed by atoms with E-state index in [-0.39, 0.29) is 5.60 Å². The van der Waals surface area contributed by atoms with E-state index in [1.807, 2.05) is 7.05 Å². The molecule has 1 rings (SSSR count). The zero-order valence-corrected chi connectivity index (χ0v) is 12.6. The van der Waals surface area contributed by atoms with Gasteiger partial charge >= 0.3 is 0 Å². The van der Waals surface area contributed by atoms with E-state index < -0.39 is 0 Å². The molecule has 2 atom stereocenters. The van der Waals surface area contributed by atoms with Gasteiger partial charge in [0.15, 0.2) is 0 Å². The summed E-state index contributed by atoms with van der Waals surface area (Å²) in [6.07, 6.45) is 2.00. The summed E-state index contributed by atoms with van der Waals surface area (Å²) in [7, 11) is 3.82. The summed E-state index contributed by atoms with van der Waals surface area (Å²) in [6.45, 7) is 8.68. The second-order valence-electron chi connectivity index (χ2n) is 5.35. The summed E-state index contributed by atoms with van der Waals surface area (Å²) in [5.74, 6) is 0. The maximum Gasteiger partial charge on any atom is 0.0803 e. The Hall–Kier alpha value is -0.860. The summed E-state index contributed by atoms with van der Waals surface area (Å²) in [6, 6.07) is 6.98. The maximum absolute atomic E-state index is 5.72. The first-order valence-corrected chi connectivity index (χ1v) is 6.75. The van der Waals surface area contributed by atoms with Crippen molar-refractivity contribution in [3.8, 4) is 0 Å². The predicted octanol–water partition coefficient (Wildman–Crippen LogP) is 3.25. The van der Waals surface area contributed by atoms with Gasteiger partial charge in [0.1, 0.15) is 0 Å². The van der Waals surface area contributed by atoms with E-state index in [2.05, 4.69) is 51.2 Å². The first kappa shape index (κ1) is 15.2. The van der Waals surface area contributed by atoms with Crippen LogP contribution in [0.15, 0.2) is 18.2 Å². The van der Waals surface area contributed by atoms with Crippen molar-refractivity contribution in [2.45, 2.75) is 52.2 Å². The normalized spacial score (nSPS) is 16.3. The predicted molar refractivity (Wildman–Crippen MR) is 78.2 cm³/mol. The van der Waals surface area contributed by atoms with E-state index in [0.29, 0.717) is 6.04 Å². The summed E-state index contributed by atoms with van der Waals surface area (Å²) >= 11 is 0. The molecular formula is C16H27NO. The fourth-order valence-electron chi connectivity index (χ4n) is 2.40. The average molecular weight is 249 g/mol. The van der Waals surface area contributed by atoms with Crippen LogP contribution in [0.5, 0.6) is 0 Å². The molecular weight excluding hydrogens is 222 g/mol. The summed E-state index contributed by atoms with van der Waals surface area (Å²) < 4.78 is 5.72. The third-order valence-electron chi connectivity index (χ3n) is 4.18. The SMILES string of the molecule is CCC(C)(OC)C(Cc1cc(C)ccc1C)NC. The van der Waals surface area contributed by atoms with Crippen LogP contribution in [0.25, 0.3) is 0 Å². The first-order chi connectivity index (χ1) is 8.46. The minimum atomic E-state index is -0.120. The lowest BCUT2D eigenvalue weighted by Gasteiger charge is -2.36. The number of nitrogens with one attached hydrogen (secondary N) is 1. The lowest BCUT2D eigenvalue weighted by Crippen LogP contribution is -2.49. The highest BCUT2D eigenvalue weighted by Crippen LogP contribution is 2.23. The Bertz CT molecular complexity index is 383. The first-order valence-electron chi connectivity index (χ1n) is 6.75. The highest BCUT2D eigenvalue weighted by Gasteiger charge is 2.31. The molecule has 0 bridgehead atoms. The van der Waals surface area contributed by atoms with Crippen LogP contribution in [0.2, 0.25) is 0 Å². The van der Waals surface area contributed by atoms with Crippen LogP contribution in [0.3, 0.4) is 0 Å². The van der Waals surface area contributed by atoms with Crippen LogP contribution in [0.4, 0.5) is 0 Å². The Morgan fingerprint density at radius 1 is 1.33 bits per heavy atom. The van der Waals surface area contributed by atoms with Crippen LogP contribution in [-0.2, 0) is 11.2 Å². The van der Waals surface area contributed by atoms with Gasteiger partial charge in [0.25, 0.3) is 0 Å². The van der Waals surface area contributed by atoms with Crippen molar-refractivity contribution in [3.63, 3.8) is 0 Å². The summed E-state index contributed by atoms with van der Waals surface area (Å²) in [4.78, 5) is 0. The highest BCUT2D eigenvalue weighted by molar-refractivity contribution is 5.31. The van der Waals surface area contributed by atoms with Crippen molar-refractivity contribution < 1.29 is 4.74 Å². The molecule has 0 radical (unpaired) electrons. The Balaban J connectivity index is 2.95. The number of benzene rings is 1. The van der Waals surface area contributed by atoms with Crippen molar-refractivity contribution in [1.29, 1.82) is 0 Å².